The Morgan fingerprint density at radius 1 is 1.42 bits per heavy atom. The van der Waals surface area contributed by atoms with Gasteiger partial charge in [-0.15, -0.1) is 0 Å². The topological polar surface area (TPSA) is 55.1 Å². The normalized spacial score (nSPS) is 12.2. The molecular weight excluding hydrogens is 152 g/mol. The van der Waals surface area contributed by atoms with Crippen LogP contribution in [0.4, 0.5) is 0 Å². The van der Waals surface area contributed by atoms with Crippen molar-refractivity contribution in [3.05, 3.63) is 42.9 Å². The van der Waals surface area contributed by atoms with E-state index >= 15 is 0 Å². The quantitative estimate of drug-likeness (QED) is 0.670. The molecule has 3 N–H and O–H groups in total. The van der Waals surface area contributed by atoms with Gasteiger partial charge in [0.15, 0.2) is 0 Å². The van der Waals surface area contributed by atoms with Crippen LogP contribution in [0.1, 0.15) is 11.6 Å². The van der Waals surface area contributed by atoms with Crippen molar-refractivity contribution in [1.82, 2.24) is 5.32 Å². The number of hydrogen-bond acceptors (Lipinski definition) is 2. The predicted octanol–water partition coefficient (Wildman–Crippen LogP) is 0.594. The largest absolute Gasteiger partial charge is 0.353 e. The lowest BCUT2D eigenvalue weighted by Crippen LogP contribution is -2.30. The van der Waals surface area contributed by atoms with Crippen LogP contribution in [0.2, 0.25) is 0 Å². The van der Waals surface area contributed by atoms with Crippen LogP contribution in [0.15, 0.2) is 30.3 Å². The Morgan fingerprint density at radius 3 is 2.50 bits per heavy atom. The molecule has 0 aliphatic carbocycles. The summed E-state index contributed by atoms with van der Waals surface area (Å²) < 4.78 is 0. The Labute approximate surface area is 71.6 Å². The molecule has 1 aromatic carbocycles. The third-order valence-corrected chi connectivity index (χ3v) is 1.62. The number of benzene rings is 1. The Hall–Kier alpha value is -1.35. The summed E-state index contributed by atoms with van der Waals surface area (Å²) in [6, 6.07) is 8.54. The number of carbonyl (C=O) groups is 1. The predicted molar refractivity (Wildman–Crippen MR) is 46.9 cm³/mol. The zero-order valence-electron chi connectivity index (χ0n) is 6.66. The summed E-state index contributed by atoms with van der Waals surface area (Å²) in [4.78, 5) is 11.0. The van der Waals surface area contributed by atoms with Crippen molar-refractivity contribution in [1.29, 1.82) is 0 Å². The number of hydrogen-bond donors (Lipinski definition) is 2. The van der Waals surface area contributed by atoms with E-state index in [1.165, 1.54) is 0 Å². The number of nitrogens with one attached hydrogen (secondary N) is 1. The van der Waals surface area contributed by atoms with Crippen LogP contribution in [0, 0.1) is 7.05 Å². The van der Waals surface area contributed by atoms with Gasteiger partial charge < -0.3 is 11.1 Å². The van der Waals surface area contributed by atoms with Crippen LogP contribution in [0.25, 0.3) is 0 Å². The van der Waals surface area contributed by atoms with E-state index in [-0.39, 0.29) is 5.91 Å². The van der Waals surface area contributed by atoms with Gasteiger partial charge in [0.05, 0.1) is 0 Å². The van der Waals surface area contributed by atoms with Crippen LogP contribution < -0.4 is 11.1 Å². The maximum Gasteiger partial charge on any atom is 0.241 e. The summed E-state index contributed by atoms with van der Waals surface area (Å²) in [5, 5.41) is 2.25. The Bertz CT molecular complexity index is 258. The highest BCUT2D eigenvalue weighted by atomic mass is 16.2. The molecule has 0 heterocycles. The van der Waals surface area contributed by atoms with E-state index in [9.17, 15) is 4.79 Å². The molecule has 1 unspecified atom stereocenters. The molecule has 1 aromatic rings. The number of rotatable bonds is 2. The lowest BCUT2D eigenvalue weighted by molar-refractivity contribution is -0.121. The Morgan fingerprint density at radius 2 is 2.00 bits per heavy atom. The summed E-state index contributed by atoms with van der Waals surface area (Å²) in [5.74, 6) is -0.277. The van der Waals surface area contributed by atoms with E-state index in [1.807, 2.05) is 18.2 Å². The fourth-order valence-corrected chi connectivity index (χ4v) is 0.922. The molecule has 0 bridgehead atoms. The first kappa shape index (κ1) is 8.74. The number of carbonyl (C=O) groups excluding carboxylic acids is 1. The van der Waals surface area contributed by atoms with E-state index in [0.717, 1.165) is 5.56 Å². The van der Waals surface area contributed by atoms with Gasteiger partial charge in [0, 0.05) is 7.05 Å². The van der Waals surface area contributed by atoms with Crippen LogP contribution >= 0.6 is 0 Å². The maximum atomic E-state index is 11.0. The minimum absolute atomic E-state index is 0.277. The first-order chi connectivity index (χ1) is 5.75. The van der Waals surface area contributed by atoms with Crippen molar-refractivity contribution in [2.75, 3.05) is 0 Å². The molecule has 0 spiro atoms. The van der Waals surface area contributed by atoms with Crippen LogP contribution in [0.3, 0.4) is 0 Å². The van der Waals surface area contributed by atoms with Crippen molar-refractivity contribution in [3.63, 3.8) is 0 Å². The van der Waals surface area contributed by atoms with Gasteiger partial charge in [-0.05, 0) is 5.56 Å². The molecule has 1 rings (SSSR count). The highest BCUT2D eigenvalue weighted by molar-refractivity contribution is 5.82. The minimum Gasteiger partial charge on any atom is -0.353 e. The molecule has 1 radical (unpaired) electrons. The Balaban J connectivity index is 2.78. The van der Waals surface area contributed by atoms with E-state index in [0.29, 0.717) is 0 Å². The SMILES string of the molecule is [CH2]NC(=O)C(N)c1ccccc1. The smallest absolute Gasteiger partial charge is 0.241 e. The van der Waals surface area contributed by atoms with Crippen LogP contribution in [-0.4, -0.2) is 5.91 Å². The minimum atomic E-state index is -0.622. The number of nitrogens with two attached hydrogens (primary N) is 1. The van der Waals surface area contributed by atoms with E-state index in [2.05, 4.69) is 12.4 Å². The molecule has 63 valence electrons. The zero-order chi connectivity index (χ0) is 8.97. The fourth-order valence-electron chi connectivity index (χ4n) is 0.922. The third kappa shape index (κ3) is 1.83. The molecule has 0 saturated carbocycles. The highest BCUT2D eigenvalue weighted by Crippen LogP contribution is 2.08. The summed E-state index contributed by atoms with van der Waals surface area (Å²) in [5.41, 5.74) is 6.39. The summed E-state index contributed by atoms with van der Waals surface area (Å²) in [7, 11) is 3.25. The summed E-state index contributed by atoms with van der Waals surface area (Å²) >= 11 is 0. The van der Waals surface area contributed by atoms with Crippen molar-refractivity contribution in [2.24, 2.45) is 5.73 Å². The fraction of sp³-hybridized carbons (Fsp3) is 0.111. The van der Waals surface area contributed by atoms with Gasteiger partial charge in [0.2, 0.25) is 5.91 Å². The molecule has 1 atom stereocenters. The molecule has 0 aromatic heterocycles. The summed E-state index contributed by atoms with van der Waals surface area (Å²) in [6.45, 7) is 0. The molecule has 0 fully saturated rings. The summed E-state index contributed by atoms with van der Waals surface area (Å²) in [6.07, 6.45) is 0. The van der Waals surface area contributed by atoms with Crippen molar-refractivity contribution < 1.29 is 4.79 Å². The van der Waals surface area contributed by atoms with E-state index < -0.39 is 6.04 Å². The average molecular weight is 163 g/mol. The zero-order valence-corrected chi connectivity index (χ0v) is 6.66. The molecule has 0 saturated heterocycles. The van der Waals surface area contributed by atoms with Crippen molar-refractivity contribution >= 4 is 5.91 Å². The molecule has 0 aliphatic heterocycles. The van der Waals surface area contributed by atoms with Gasteiger partial charge in [-0.25, -0.2) is 0 Å². The maximum absolute atomic E-state index is 11.0. The first-order valence-electron chi connectivity index (χ1n) is 3.63. The standard InChI is InChI=1S/C9H11N2O/c1-11-9(12)8(10)7-5-3-2-4-6-7/h2-6,8H,1,10H2,(H,11,12). The molecule has 3 nitrogen and oxygen atoms in total. The first-order valence-corrected chi connectivity index (χ1v) is 3.63. The lowest BCUT2D eigenvalue weighted by Gasteiger charge is -2.08. The number of amides is 1. The molecule has 3 heteroatoms. The molecule has 1 amide bonds. The van der Waals surface area contributed by atoms with Gasteiger partial charge >= 0.3 is 0 Å². The van der Waals surface area contributed by atoms with Gasteiger partial charge in [-0.3, -0.25) is 4.79 Å². The Kier molecular flexibility index (Phi) is 2.82. The van der Waals surface area contributed by atoms with Gasteiger partial charge in [0.25, 0.3) is 0 Å². The van der Waals surface area contributed by atoms with Gasteiger partial charge in [0.1, 0.15) is 6.04 Å². The van der Waals surface area contributed by atoms with E-state index in [1.54, 1.807) is 12.1 Å². The molecular formula is C9H11N2O. The second kappa shape index (κ2) is 3.88. The average Bonchev–Trinajstić information content (AvgIpc) is 2.17. The van der Waals surface area contributed by atoms with Crippen molar-refractivity contribution in [3.8, 4) is 0 Å². The van der Waals surface area contributed by atoms with Gasteiger partial charge in [-0.2, -0.15) is 0 Å². The second-order valence-electron chi connectivity index (χ2n) is 2.43. The van der Waals surface area contributed by atoms with E-state index in [4.69, 9.17) is 5.73 Å². The van der Waals surface area contributed by atoms with Gasteiger partial charge in [-0.1, -0.05) is 30.3 Å². The van der Waals surface area contributed by atoms with Crippen LogP contribution in [0.5, 0.6) is 0 Å². The lowest BCUT2D eigenvalue weighted by atomic mass is 10.1. The second-order valence-corrected chi connectivity index (χ2v) is 2.43. The molecule has 0 aliphatic rings. The molecule has 12 heavy (non-hydrogen) atoms. The highest BCUT2D eigenvalue weighted by Gasteiger charge is 2.12. The monoisotopic (exact) mass is 163 g/mol. The van der Waals surface area contributed by atoms with Crippen molar-refractivity contribution in [2.45, 2.75) is 6.04 Å². The third-order valence-electron chi connectivity index (χ3n) is 1.62. The van der Waals surface area contributed by atoms with Crippen LogP contribution in [-0.2, 0) is 4.79 Å².